The third-order valence-electron chi connectivity index (χ3n) is 2.48. The quantitative estimate of drug-likeness (QED) is 0.713. The Morgan fingerprint density at radius 1 is 1.25 bits per heavy atom. The average molecular weight is 251 g/mol. The normalized spacial score (nSPS) is 10.4. The fraction of sp³-hybridized carbons (Fsp3) is 0.154. The van der Waals surface area contributed by atoms with Gasteiger partial charge in [0.1, 0.15) is 0 Å². The van der Waals surface area contributed by atoms with E-state index in [-0.39, 0.29) is 5.78 Å². The van der Waals surface area contributed by atoms with Gasteiger partial charge >= 0.3 is 0 Å². The summed E-state index contributed by atoms with van der Waals surface area (Å²) in [5.41, 5.74) is 2.69. The highest BCUT2D eigenvalue weighted by Crippen LogP contribution is 2.39. The second-order valence-electron chi connectivity index (χ2n) is 3.63. The molecule has 0 spiro atoms. The molecule has 0 atom stereocenters. The summed E-state index contributed by atoms with van der Waals surface area (Å²) in [6.45, 7) is 3.47. The molecule has 0 aliphatic heterocycles. The number of carbonyl (C=O) groups excluding carboxylic acids is 1. The third-order valence-corrected chi connectivity index (χ3v) is 4.12. The Bertz CT molecular complexity index is 528. The van der Waals surface area contributed by atoms with E-state index in [0.717, 1.165) is 21.6 Å². The van der Waals surface area contributed by atoms with Crippen LogP contribution < -0.4 is 0 Å². The zero-order valence-electron chi connectivity index (χ0n) is 9.08. The summed E-state index contributed by atoms with van der Waals surface area (Å²) in [5.74, 6) is 0.0690. The van der Waals surface area contributed by atoms with E-state index in [1.165, 1.54) is 11.3 Å². The molecule has 0 aliphatic carbocycles. The molecule has 0 radical (unpaired) electrons. The average Bonchev–Trinajstić information content (AvgIpc) is 2.57. The topological polar surface area (TPSA) is 17.1 Å². The van der Waals surface area contributed by atoms with Crippen molar-refractivity contribution in [3.05, 3.63) is 45.8 Å². The molecule has 0 saturated carbocycles. The molecule has 1 aromatic carbocycles. The van der Waals surface area contributed by atoms with Gasteiger partial charge in [0.15, 0.2) is 5.78 Å². The highest BCUT2D eigenvalue weighted by molar-refractivity contribution is 7.20. The molecule has 1 aromatic heterocycles. The summed E-state index contributed by atoms with van der Waals surface area (Å²) in [6.07, 6.45) is 0. The number of ketones is 1. The van der Waals surface area contributed by atoms with Crippen molar-refractivity contribution in [2.45, 2.75) is 13.8 Å². The van der Waals surface area contributed by atoms with Gasteiger partial charge in [-0.25, -0.2) is 0 Å². The fourth-order valence-electron chi connectivity index (χ4n) is 1.70. The number of rotatable bonds is 2. The van der Waals surface area contributed by atoms with Crippen molar-refractivity contribution in [3.8, 4) is 10.4 Å². The van der Waals surface area contributed by atoms with Gasteiger partial charge in [-0.2, -0.15) is 0 Å². The van der Waals surface area contributed by atoms with E-state index in [9.17, 15) is 4.79 Å². The van der Waals surface area contributed by atoms with E-state index < -0.39 is 0 Å². The van der Waals surface area contributed by atoms with Gasteiger partial charge in [-0.1, -0.05) is 41.9 Å². The van der Waals surface area contributed by atoms with Crippen LogP contribution in [-0.4, -0.2) is 5.78 Å². The predicted octanol–water partition coefficient (Wildman–Crippen LogP) is 4.58. The van der Waals surface area contributed by atoms with Gasteiger partial charge in [-0.3, -0.25) is 4.79 Å². The van der Waals surface area contributed by atoms with Crippen molar-refractivity contribution in [3.63, 3.8) is 0 Å². The van der Waals surface area contributed by atoms with Crippen molar-refractivity contribution < 1.29 is 4.79 Å². The van der Waals surface area contributed by atoms with Gasteiger partial charge in [0.2, 0.25) is 0 Å². The number of Topliss-reactive ketones (excluding diaryl/α,β-unsaturated/α-hetero) is 1. The van der Waals surface area contributed by atoms with Crippen LogP contribution >= 0.6 is 22.9 Å². The van der Waals surface area contributed by atoms with Crippen molar-refractivity contribution in [2.75, 3.05) is 0 Å². The van der Waals surface area contributed by atoms with E-state index in [0.29, 0.717) is 4.34 Å². The third kappa shape index (κ3) is 1.91. The van der Waals surface area contributed by atoms with Crippen LogP contribution in [0.5, 0.6) is 0 Å². The largest absolute Gasteiger partial charge is 0.294 e. The van der Waals surface area contributed by atoms with Gasteiger partial charge in [0.05, 0.1) is 4.34 Å². The molecule has 82 valence electrons. The molecular weight excluding hydrogens is 240 g/mol. The Balaban J connectivity index is 2.66. The van der Waals surface area contributed by atoms with Gasteiger partial charge in [-0.15, -0.1) is 11.3 Å². The molecule has 3 heteroatoms. The molecule has 0 aliphatic rings. The van der Waals surface area contributed by atoms with Crippen LogP contribution in [0.4, 0.5) is 0 Å². The Hall–Kier alpha value is -1.12. The molecule has 0 N–H and O–H groups in total. The molecule has 0 unspecified atom stereocenters. The van der Waals surface area contributed by atoms with E-state index in [1.54, 1.807) is 6.92 Å². The Morgan fingerprint density at radius 2 is 1.88 bits per heavy atom. The van der Waals surface area contributed by atoms with Crippen molar-refractivity contribution in [2.24, 2.45) is 0 Å². The first-order valence-electron chi connectivity index (χ1n) is 4.96. The van der Waals surface area contributed by atoms with Crippen LogP contribution in [0, 0.1) is 6.92 Å². The number of hydrogen-bond donors (Lipinski definition) is 0. The lowest BCUT2D eigenvalue weighted by Crippen LogP contribution is -1.94. The van der Waals surface area contributed by atoms with E-state index in [2.05, 4.69) is 0 Å². The second kappa shape index (κ2) is 4.40. The van der Waals surface area contributed by atoms with Gasteiger partial charge < -0.3 is 0 Å². The van der Waals surface area contributed by atoms with Crippen LogP contribution in [0.3, 0.4) is 0 Å². The van der Waals surface area contributed by atoms with Crippen molar-refractivity contribution in [1.29, 1.82) is 0 Å². The van der Waals surface area contributed by atoms with Crippen LogP contribution in [-0.2, 0) is 0 Å². The lowest BCUT2D eigenvalue weighted by Gasteiger charge is -2.01. The molecule has 0 saturated heterocycles. The lowest BCUT2D eigenvalue weighted by atomic mass is 10.0. The van der Waals surface area contributed by atoms with Crippen LogP contribution in [0.25, 0.3) is 10.4 Å². The molecule has 1 heterocycles. The summed E-state index contributed by atoms with van der Waals surface area (Å²) < 4.78 is 0.698. The molecule has 2 aromatic rings. The molecule has 1 nitrogen and oxygen atoms in total. The van der Waals surface area contributed by atoms with Crippen LogP contribution in [0.2, 0.25) is 4.34 Å². The molecule has 0 bridgehead atoms. The minimum Gasteiger partial charge on any atom is -0.294 e. The number of benzene rings is 1. The van der Waals surface area contributed by atoms with Crippen LogP contribution in [0.1, 0.15) is 22.8 Å². The van der Waals surface area contributed by atoms with Gasteiger partial charge in [0, 0.05) is 10.4 Å². The Kier molecular flexibility index (Phi) is 3.13. The molecule has 0 fully saturated rings. The van der Waals surface area contributed by atoms with Crippen LogP contribution in [0.15, 0.2) is 30.3 Å². The molecule has 0 amide bonds. The molecular formula is C13H11ClOS. The standard InChI is InChI=1S/C13H11ClOS/c1-8-11(9(2)15)12(16-13(8)14)10-6-4-3-5-7-10/h3-7H,1-2H3. The summed E-state index contributed by atoms with van der Waals surface area (Å²) in [4.78, 5) is 12.6. The molecule has 2 rings (SSSR count). The van der Waals surface area contributed by atoms with Gasteiger partial charge in [-0.05, 0) is 25.0 Å². The number of halogens is 1. The minimum atomic E-state index is 0.0690. The maximum Gasteiger partial charge on any atom is 0.161 e. The first kappa shape index (κ1) is 11.4. The second-order valence-corrected chi connectivity index (χ2v) is 5.25. The van der Waals surface area contributed by atoms with Gasteiger partial charge in [0.25, 0.3) is 0 Å². The summed E-state index contributed by atoms with van der Waals surface area (Å²) >= 11 is 7.56. The van der Waals surface area contributed by atoms with E-state index in [1.807, 2.05) is 37.3 Å². The predicted molar refractivity (Wildman–Crippen MR) is 69.5 cm³/mol. The first-order valence-corrected chi connectivity index (χ1v) is 6.16. The highest BCUT2D eigenvalue weighted by atomic mass is 35.5. The highest BCUT2D eigenvalue weighted by Gasteiger charge is 2.18. The first-order chi connectivity index (χ1) is 7.61. The smallest absolute Gasteiger partial charge is 0.161 e. The lowest BCUT2D eigenvalue weighted by molar-refractivity contribution is 0.101. The minimum absolute atomic E-state index is 0.0690. The van der Waals surface area contributed by atoms with E-state index in [4.69, 9.17) is 11.6 Å². The molecule has 16 heavy (non-hydrogen) atoms. The number of thiophene rings is 1. The Labute approximate surface area is 104 Å². The summed E-state index contributed by atoms with van der Waals surface area (Å²) in [6, 6.07) is 9.87. The van der Waals surface area contributed by atoms with E-state index >= 15 is 0 Å². The van der Waals surface area contributed by atoms with Crippen molar-refractivity contribution in [1.82, 2.24) is 0 Å². The van der Waals surface area contributed by atoms with Crippen molar-refractivity contribution >= 4 is 28.7 Å². The SMILES string of the molecule is CC(=O)c1c(-c2ccccc2)sc(Cl)c1C. The monoisotopic (exact) mass is 250 g/mol. The number of carbonyl (C=O) groups is 1. The maximum absolute atomic E-state index is 11.6. The maximum atomic E-state index is 11.6. The zero-order valence-corrected chi connectivity index (χ0v) is 10.7. The Morgan fingerprint density at radius 3 is 2.44 bits per heavy atom. The zero-order chi connectivity index (χ0) is 11.7. The summed E-state index contributed by atoms with van der Waals surface area (Å²) in [7, 11) is 0. The number of hydrogen-bond acceptors (Lipinski definition) is 2. The fourth-order valence-corrected chi connectivity index (χ4v) is 3.12. The summed E-state index contributed by atoms with van der Waals surface area (Å²) in [5, 5.41) is 0.